The predicted molar refractivity (Wildman–Crippen MR) is 98.7 cm³/mol. The van der Waals surface area contributed by atoms with Crippen molar-refractivity contribution >= 4 is 22.5 Å². The van der Waals surface area contributed by atoms with Crippen molar-refractivity contribution in [2.75, 3.05) is 0 Å². The molecule has 2 aromatic carbocycles. The van der Waals surface area contributed by atoms with Crippen LogP contribution in [0.3, 0.4) is 0 Å². The number of nitrogens with zero attached hydrogens (tertiary/aromatic N) is 2. The van der Waals surface area contributed by atoms with Crippen molar-refractivity contribution in [2.24, 2.45) is 0 Å². The van der Waals surface area contributed by atoms with Gasteiger partial charge in [-0.1, -0.05) is 25.4 Å². The zero-order valence-electron chi connectivity index (χ0n) is 14.2. The van der Waals surface area contributed by atoms with Gasteiger partial charge in [-0.3, -0.25) is 9.36 Å². The van der Waals surface area contributed by atoms with Gasteiger partial charge in [0.25, 0.3) is 5.56 Å². The smallest absolute Gasteiger partial charge is 0.265 e. The second-order valence-corrected chi connectivity index (χ2v) is 6.75. The molecule has 130 valence electrons. The van der Waals surface area contributed by atoms with E-state index in [9.17, 15) is 15.0 Å². The molecule has 0 saturated heterocycles. The minimum atomic E-state index is -0.943. The Bertz CT molecular complexity index is 992. The summed E-state index contributed by atoms with van der Waals surface area (Å²) in [7, 11) is 0. The molecule has 0 radical (unpaired) electrons. The maximum absolute atomic E-state index is 13.2. The highest BCUT2D eigenvalue weighted by Gasteiger charge is 2.20. The lowest BCUT2D eigenvalue weighted by molar-refractivity contribution is 0.196. The number of phenols is 1. The molecule has 0 aliphatic rings. The highest BCUT2D eigenvalue weighted by molar-refractivity contribution is 6.30. The number of phenolic OH excluding ortho intramolecular Hbond substituents is 1. The molecule has 0 aliphatic heterocycles. The summed E-state index contributed by atoms with van der Waals surface area (Å²) in [6.45, 7) is 5.41. The van der Waals surface area contributed by atoms with Crippen molar-refractivity contribution in [2.45, 2.75) is 32.8 Å². The highest BCUT2D eigenvalue weighted by atomic mass is 35.5. The molecule has 3 aromatic rings. The van der Waals surface area contributed by atoms with Crippen LogP contribution in [0.1, 0.15) is 44.2 Å². The minimum Gasteiger partial charge on any atom is -0.507 e. The van der Waals surface area contributed by atoms with Gasteiger partial charge in [0.15, 0.2) is 0 Å². The standard InChI is InChI=1S/C19H19ClN2O3/c1-10(2)18-21-17-14(8-9-15(24)16(17)11(3)23)19(25)22(18)13-6-4-12(20)5-7-13/h4-11,23-24H,1-3H3. The lowest BCUT2D eigenvalue weighted by atomic mass is 10.0. The molecule has 2 N–H and O–H groups in total. The predicted octanol–water partition coefficient (Wildman–Crippen LogP) is 3.92. The van der Waals surface area contributed by atoms with E-state index in [2.05, 4.69) is 4.98 Å². The number of aromatic hydroxyl groups is 1. The summed E-state index contributed by atoms with van der Waals surface area (Å²) in [6.07, 6.45) is -0.943. The Hall–Kier alpha value is -2.37. The van der Waals surface area contributed by atoms with E-state index in [0.717, 1.165) is 0 Å². The van der Waals surface area contributed by atoms with Crippen LogP contribution in [-0.2, 0) is 0 Å². The first-order chi connectivity index (χ1) is 11.8. The van der Waals surface area contributed by atoms with Crippen molar-refractivity contribution in [3.8, 4) is 11.4 Å². The summed E-state index contributed by atoms with van der Waals surface area (Å²) in [5.74, 6) is 0.428. The van der Waals surface area contributed by atoms with E-state index in [1.54, 1.807) is 28.8 Å². The Balaban J connectivity index is 2.44. The third-order valence-corrected chi connectivity index (χ3v) is 4.35. The maximum atomic E-state index is 13.2. The average molecular weight is 359 g/mol. The summed E-state index contributed by atoms with van der Waals surface area (Å²) < 4.78 is 1.55. The van der Waals surface area contributed by atoms with E-state index in [1.807, 2.05) is 13.8 Å². The number of benzene rings is 2. The zero-order valence-corrected chi connectivity index (χ0v) is 14.9. The zero-order chi connectivity index (χ0) is 18.3. The molecule has 1 heterocycles. The first kappa shape index (κ1) is 17.5. The van der Waals surface area contributed by atoms with Gasteiger partial charge in [0.2, 0.25) is 0 Å². The van der Waals surface area contributed by atoms with Gasteiger partial charge >= 0.3 is 0 Å². The quantitative estimate of drug-likeness (QED) is 0.744. The van der Waals surface area contributed by atoms with Crippen LogP contribution in [-0.4, -0.2) is 19.8 Å². The van der Waals surface area contributed by atoms with E-state index in [4.69, 9.17) is 11.6 Å². The Labute approximate surface area is 150 Å². The summed E-state index contributed by atoms with van der Waals surface area (Å²) in [6, 6.07) is 9.90. The molecule has 0 fully saturated rings. The molecule has 0 aliphatic carbocycles. The Morgan fingerprint density at radius 1 is 1.08 bits per heavy atom. The van der Waals surface area contributed by atoms with E-state index in [-0.39, 0.29) is 22.8 Å². The van der Waals surface area contributed by atoms with Crippen LogP contribution in [0.15, 0.2) is 41.2 Å². The van der Waals surface area contributed by atoms with Crippen molar-refractivity contribution < 1.29 is 10.2 Å². The fourth-order valence-electron chi connectivity index (χ4n) is 2.92. The summed E-state index contributed by atoms with van der Waals surface area (Å²) >= 11 is 5.95. The number of hydrogen-bond acceptors (Lipinski definition) is 4. The monoisotopic (exact) mass is 358 g/mol. The van der Waals surface area contributed by atoms with Gasteiger partial charge in [0, 0.05) is 16.5 Å². The van der Waals surface area contributed by atoms with Crippen LogP contribution in [0.5, 0.6) is 5.75 Å². The Kier molecular flexibility index (Phi) is 4.54. The van der Waals surface area contributed by atoms with Crippen LogP contribution in [0.4, 0.5) is 0 Å². The van der Waals surface area contributed by atoms with Gasteiger partial charge < -0.3 is 10.2 Å². The van der Waals surface area contributed by atoms with Gasteiger partial charge in [0.05, 0.1) is 22.7 Å². The molecule has 1 atom stereocenters. The molecule has 5 nitrogen and oxygen atoms in total. The third-order valence-electron chi connectivity index (χ3n) is 4.10. The number of aromatic nitrogens is 2. The molecule has 0 bridgehead atoms. The van der Waals surface area contributed by atoms with E-state index in [0.29, 0.717) is 27.4 Å². The number of aliphatic hydroxyl groups is 1. The van der Waals surface area contributed by atoms with Crippen molar-refractivity contribution in [3.63, 3.8) is 0 Å². The lowest BCUT2D eigenvalue weighted by Crippen LogP contribution is -2.25. The van der Waals surface area contributed by atoms with E-state index in [1.165, 1.54) is 19.1 Å². The van der Waals surface area contributed by atoms with E-state index >= 15 is 0 Å². The van der Waals surface area contributed by atoms with Crippen LogP contribution in [0.2, 0.25) is 5.02 Å². The molecule has 0 spiro atoms. The van der Waals surface area contributed by atoms with E-state index < -0.39 is 6.10 Å². The second kappa shape index (κ2) is 6.50. The van der Waals surface area contributed by atoms with Gasteiger partial charge in [-0.25, -0.2) is 4.98 Å². The number of halogens is 1. The summed E-state index contributed by atoms with van der Waals surface area (Å²) in [4.78, 5) is 17.8. The molecule has 1 aromatic heterocycles. The lowest BCUT2D eigenvalue weighted by Gasteiger charge is -2.18. The molecular formula is C19H19ClN2O3. The second-order valence-electron chi connectivity index (χ2n) is 6.31. The number of hydrogen-bond donors (Lipinski definition) is 2. The topological polar surface area (TPSA) is 75.4 Å². The molecular weight excluding hydrogens is 340 g/mol. The average Bonchev–Trinajstić information content (AvgIpc) is 2.55. The Morgan fingerprint density at radius 3 is 2.28 bits per heavy atom. The first-order valence-electron chi connectivity index (χ1n) is 8.03. The fraction of sp³-hybridized carbons (Fsp3) is 0.263. The molecule has 3 rings (SSSR count). The largest absolute Gasteiger partial charge is 0.507 e. The molecule has 0 amide bonds. The van der Waals surface area contributed by atoms with Gasteiger partial charge in [-0.2, -0.15) is 0 Å². The number of rotatable bonds is 3. The van der Waals surface area contributed by atoms with Gasteiger partial charge in [0.1, 0.15) is 11.6 Å². The summed E-state index contributed by atoms with van der Waals surface area (Å²) in [5, 5.41) is 21.0. The van der Waals surface area contributed by atoms with Crippen LogP contribution in [0.25, 0.3) is 16.6 Å². The third kappa shape index (κ3) is 3.01. The Morgan fingerprint density at radius 2 is 1.72 bits per heavy atom. The van der Waals surface area contributed by atoms with Crippen molar-refractivity contribution in [1.29, 1.82) is 0 Å². The summed E-state index contributed by atoms with van der Waals surface area (Å²) in [5.41, 5.74) is 1.01. The van der Waals surface area contributed by atoms with Crippen LogP contribution in [0, 0.1) is 0 Å². The van der Waals surface area contributed by atoms with Crippen molar-refractivity contribution in [1.82, 2.24) is 9.55 Å². The highest BCUT2D eigenvalue weighted by Crippen LogP contribution is 2.31. The number of aliphatic hydroxyl groups excluding tert-OH is 1. The normalized spacial score (nSPS) is 12.7. The van der Waals surface area contributed by atoms with Crippen molar-refractivity contribution in [3.05, 3.63) is 63.2 Å². The van der Waals surface area contributed by atoms with Gasteiger partial charge in [-0.05, 0) is 43.3 Å². The molecule has 0 saturated carbocycles. The number of fused-ring (bicyclic) bond motifs is 1. The molecule has 1 unspecified atom stereocenters. The van der Waals surface area contributed by atoms with Crippen LogP contribution < -0.4 is 5.56 Å². The van der Waals surface area contributed by atoms with Gasteiger partial charge in [-0.15, -0.1) is 0 Å². The van der Waals surface area contributed by atoms with Crippen LogP contribution >= 0.6 is 11.6 Å². The fourth-order valence-corrected chi connectivity index (χ4v) is 3.04. The molecule has 25 heavy (non-hydrogen) atoms. The minimum absolute atomic E-state index is 0.0445. The maximum Gasteiger partial charge on any atom is 0.265 e. The first-order valence-corrected chi connectivity index (χ1v) is 8.41. The molecule has 6 heteroatoms. The SMILES string of the molecule is CC(C)c1nc2c(C(C)O)c(O)ccc2c(=O)n1-c1ccc(Cl)cc1.